The average Bonchev–Trinajstić information content (AvgIpc) is 2.19. The van der Waals surface area contributed by atoms with Gasteiger partial charge in [-0.25, -0.2) is 0 Å². The van der Waals surface area contributed by atoms with Crippen LogP contribution in [0, 0.1) is 11.3 Å². The number of nitrogens with zero attached hydrogens (tertiary/aromatic N) is 1. The number of rotatable bonds is 4. The third kappa shape index (κ3) is 2.97. The zero-order valence-corrected chi connectivity index (χ0v) is 9.27. The van der Waals surface area contributed by atoms with Crippen LogP contribution in [0.1, 0.15) is 24.8 Å². The molecule has 3 heteroatoms. The normalized spacial score (nSPS) is 11.8. The molecule has 0 aliphatic heterocycles. The minimum absolute atomic E-state index is 0.309. The molecule has 1 aromatic rings. The van der Waals surface area contributed by atoms with Gasteiger partial charge in [-0.15, -0.1) is 0 Å². The highest BCUT2D eigenvalue weighted by Crippen LogP contribution is 2.22. The monoisotopic (exact) mass is 206 g/mol. The second-order valence-corrected chi connectivity index (χ2v) is 3.81. The van der Waals surface area contributed by atoms with Gasteiger partial charge in [0.2, 0.25) is 0 Å². The molecule has 0 spiro atoms. The van der Waals surface area contributed by atoms with Crippen LogP contribution in [0.2, 0.25) is 0 Å². The van der Waals surface area contributed by atoms with Crippen molar-refractivity contribution in [1.82, 2.24) is 0 Å². The van der Waals surface area contributed by atoms with Crippen molar-refractivity contribution in [3.63, 3.8) is 0 Å². The van der Waals surface area contributed by atoms with Crippen molar-refractivity contribution < 1.29 is 0 Å². The number of benzene rings is 1. The Balaban J connectivity index is 2.78. The van der Waals surface area contributed by atoms with Gasteiger partial charge in [0.1, 0.15) is 0 Å². The molecule has 0 heterocycles. The molecule has 0 aliphatic carbocycles. The van der Waals surface area contributed by atoms with Crippen LogP contribution in [-0.2, 0) is 0 Å². The van der Waals surface area contributed by atoms with Gasteiger partial charge in [-0.1, -0.05) is 31.0 Å². The molecule has 0 fully saturated rings. The molecule has 0 saturated heterocycles. The fraction of sp³-hybridized carbons (Fsp3) is 0.364. The molecule has 0 aliphatic rings. The molecule has 14 heavy (non-hydrogen) atoms. The quantitative estimate of drug-likeness (QED) is 0.767. The van der Waals surface area contributed by atoms with Crippen molar-refractivity contribution in [2.45, 2.75) is 19.3 Å². The predicted molar refractivity (Wildman–Crippen MR) is 62.2 cm³/mol. The molecule has 1 rings (SSSR count). The maximum absolute atomic E-state index is 8.60. The largest absolute Gasteiger partial charge is 0.330 e. The summed E-state index contributed by atoms with van der Waals surface area (Å²) < 4.78 is 3.18. The van der Waals surface area contributed by atoms with Gasteiger partial charge in [-0.05, 0) is 23.6 Å². The van der Waals surface area contributed by atoms with Gasteiger partial charge in [0.15, 0.2) is 0 Å². The fourth-order valence-corrected chi connectivity index (χ4v) is 1.64. The van der Waals surface area contributed by atoms with Gasteiger partial charge in [0.25, 0.3) is 0 Å². The smallest absolute Gasteiger partial charge is 0.0628 e. The van der Waals surface area contributed by atoms with Crippen LogP contribution >= 0.6 is 11.9 Å². The summed E-state index contributed by atoms with van der Waals surface area (Å²) in [5.74, 6) is 0.309. The Morgan fingerprint density at radius 2 is 2.36 bits per heavy atom. The second-order valence-electron chi connectivity index (χ2n) is 3.19. The zero-order chi connectivity index (χ0) is 10.4. The van der Waals surface area contributed by atoms with Crippen LogP contribution in [0.4, 0.5) is 5.69 Å². The Morgan fingerprint density at radius 3 is 3.00 bits per heavy atom. The summed E-state index contributed by atoms with van der Waals surface area (Å²) in [7, 11) is 0. The third-order valence-electron chi connectivity index (χ3n) is 2.07. The number of nitriles is 1. The van der Waals surface area contributed by atoms with E-state index in [1.165, 1.54) is 5.56 Å². The second kappa shape index (κ2) is 5.56. The van der Waals surface area contributed by atoms with Gasteiger partial charge >= 0.3 is 0 Å². The molecular formula is C11H14N2S. The highest BCUT2D eigenvalue weighted by atomic mass is 32.2. The van der Waals surface area contributed by atoms with E-state index in [1.54, 1.807) is 11.9 Å². The van der Waals surface area contributed by atoms with Crippen molar-refractivity contribution in [1.29, 1.82) is 5.26 Å². The van der Waals surface area contributed by atoms with Crippen molar-refractivity contribution in [2.24, 2.45) is 0 Å². The Labute approximate surface area is 89.5 Å². The van der Waals surface area contributed by atoms with E-state index in [1.807, 2.05) is 18.4 Å². The Bertz CT molecular complexity index is 330. The summed E-state index contributed by atoms with van der Waals surface area (Å²) in [6.45, 7) is 2.07. The van der Waals surface area contributed by atoms with E-state index in [4.69, 9.17) is 5.26 Å². The molecule has 0 aromatic heterocycles. The van der Waals surface area contributed by atoms with Gasteiger partial charge in [0, 0.05) is 18.4 Å². The van der Waals surface area contributed by atoms with Crippen LogP contribution in [0.5, 0.6) is 0 Å². The molecular weight excluding hydrogens is 192 g/mol. The minimum atomic E-state index is 0.309. The van der Waals surface area contributed by atoms with E-state index < -0.39 is 0 Å². The highest BCUT2D eigenvalue weighted by molar-refractivity contribution is 7.99. The Kier molecular flexibility index (Phi) is 4.34. The topological polar surface area (TPSA) is 35.8 Å². The molecule has 74 valence electrons. The molecule has 0 bridgehead atoms. The van der Waals surface area contributed by atoms with Crippen LogP contribution in [-0.4, -0.2) is 6.26 Å². The Hall–Kier alpha value is -1.14. The average molecular weight is 206 g/mol. The molecule has 2 nitrogen and oxygen atoms in total. The number of hydrogen-bond acceptors (Lipinski definition) is 3. The first-order valence-electron chi connectivity index (χ1n) is 4.54. The Morgan fingerprint density at radius 1 is 1.57 bits per heavy atom. The van der Waals surface area contributed by atoms with Crippen molar-refractivity contribution in [3.05, 3.63) is 29.8 Å². The first-order chi connectivity index (χ1) is 6.77. The molecule has 0 saturated carbocycles. The highest BCUT2D eigenvalue weighted by Gasteiger charge is 2.04. The predicted octanol–water partition coefficient (Wildman–Crippen LogP) is 3.39. The lowest BCUT2D eigenvalue weighted by atomic mass is 9.98. The maximum atomic E-state index is 8.60. The van der Waals surface area contributed by atoms with Crippen LogP contribution in [0.15, 0.2) is 24.3 Å². The number of nitrogens with one attached hydrogen (secondary N) is 1. The SMILES string of the molecule is CSNc1cccc(C(C)CC#N)c1. The first kappa shape index (κ1) is 10.9. The van der Waals surface area contributed by atoms with Gasteiger partial charge in [0.05, 0.1) is 6.07 Å². The van der Waals surface area contributed by atoms with Crippen LogP contribution in [0.25, 0.3) is 0 Å². The lowest BCUT2D eigenvalue weighted by molar-refractivity contribution is 0.789. The van der Waals surface area contributed by atoms with Crippen molar-refractivity contribution in [2.75, 3.05) is 11.0 Å². The van der Waals surface area contributed by atoms with Crippen LogP contribution in [0.3, 0.4) is 0 Å². The minimum Gasteiger partial charge on any atom is -0.330 e. The number of anilines is 1. The summed E-state index contributed by atoms with van der Waals surface area (Å²) >= 11 is 1.57. The maximum Gasteiger partial charge on any atom is 0.0628 e. The molecule has 0 amide bonds. The van der Waals surface area contributed by atoms with E-state index in [9.17, 15) is 0 Å². The van der Waals surface area contributed by atoms with Crippen molar-refractivity contribution >= 4 is 17.6 Å². The first-order valence-corrected chi connectivity index (χ1v) is 5.76. The molecule has 0 radical (unpaired) electrons. The van der Waals surface area contributed by atoms with E-state index in [0.29, 0.717) is 12.3 Å². The molecule has 1 aromatic carbocycles. The summed E-state index contributed by atoms with van der Waals surface area (Å²) in [6, 6.07) is 10.4. The van der Waals surface area contributed by atoms with E-state index in [2.05, 4.69) is 29.8 Å². The molecule has 1 unspecified atom stereocenters. The van der Waals surface area contributed by atoms with Gasteiger partial charge in [-0.3, -0.25) is 0 Å². The standard InChI is InChI=1S/C11H14N2S/c1-9(6-7-12)10-4-3-5-11(8-10)13-14-2/h3-5,8-9,13H,6H2,1-2H3. The van der Waals surface area contributed by atoms with Gasteiger partial charge in [-0.2, -0.15) is 5.26 Å². The zero-order valence-electron chi connectivity index (χ0n) is 8.45. The lowest BCUT2D eigenvalue weighted by Crippen LogP contribution is -1.93. The third-order valence-corrected chi connectivity index (χ3v) is 2.51. The van der Waals surface area contributed by atoms with E-state index in [0.717, 1.165) is 5.69 Å². The molecule has 1 atom stereocenters. The van der Waals surface area contributed by atoms with Crippen molar-refractivity contribution in [3.8, 4) is 6.07 Å². The summed E-state index contributed by atoms with van der Waals surface area (Å²) in [4.78, 5) is 0. The fourth-order valence-electron chi connectivity index (χ4n) is 1.28. The van der Waals surface area contributed by atoms with E-state index >= 15 is 0 Å². The number of hydrogen-bond donors (Lipinski definition) is 1. The summed E-state index contributed by atoms with van der Waals surface area (Å²) in [6.07, 6.45) is 2.56. The lowest BCUT2D eigenvalue weighted by Gasteiger charge is -2.09. The summed E-state index contributed by atoms with van der Waals surface area (Å²) in [5, 5.41) is 8.60. The molecule has 1 N–H and O–H groups in total. The van der Waals surface area contributed by atoms with E-state index in [-0.39, 0.29) is 0 Å². The van der Waals surface area contributed by atoms with Gasteiger partial charge < -0.3 is 4.72 Å². The van der Waals surface area contributed by atoms with Crippen LogP contribution < -0.4 is 4.72 Å². The summed E-state index contributed by atoms with van der Waals surface area (Å²) in [5.41, 5.74) is 2.31.